The van der Waals surface area contributed by atoms with E-state index in [2.05, 4.69) is 21.3 Å². The quantitative estimate of drug-likeness (QED) is 0.0778. The van der Waals surface area contributed by atoms with E-state index in [0.29, 0.717) is 12.0 Å². The fraction of sp³-hybridized carbons (Fsp3) is 0.567. The number of carbonyl (C=O) groups is 7. The van der Waals surface area contributed by atoms with Gasteiger partial charge >= 0.3 is 11.9 Å². The third-order valence-electron chi connectivity index (χ3n) is 7.04. The molecular weight excluding hydrogens is 606 g/mol. The van der Waals surface area contributed by atoms with E-state index in [1.807, 2.05) is 5.32 Å². The fourth-order valence-corrected chi connectivity index (χ4v) is 4.20. The molecule has 0 heterocycles. The molecule has 46 heavy (non-hydrogen) atoms. The van der Waals surface area contributed by atoms with Crippen molar-refractivity contribution in [1.29, 1.82) is 0 Å². The van der Waals surface area contributed by atoms with E-state index in [1.54, 1.807) is 44.2 Å². The van der Waals surface area contributed by atoms with Crippen LogP contribution < -0.4 is 26.6 Å². The van der Waals surface area contributed by atoms with E-state index in [0.717, 1.165) is 0 Å². The summed E-state index contributed by atoms with van der Waals surface area (Å²) in [5.74, 6) is -7.25. The molecule has 0 saturated heterocycles. The summed E-state index contributed by atoms with van der Waals surface area (Å²) in [6.07, 6.45) is -1.80. The highest BCUT2D eigenvalue weighted by Crippen LogP contribution is 2.11. The molecule has 0 fully saturated rings. The van der Waals surface area contributed by atoms with Gasteiger partial charge in [0.15, 0.2) is 0 Å². The van der Waals surface area contributed by atoms with Gasteiger partial charge in [-0.25, -0.2) is 4.79 Å². The summed E-state index contributed by atoms with van der Waals surface area (Å²) in [4.78, 5) is 87.5. The van der Waals surface area contributed by atoms with E-state index < -0.39 is 103 Å². The van der Waals surface area contributed by atoms with Crippen LogP contribution >= 0.6 is 0 Å². The maximum Gasteiger partial charge on any atom is 0.328 e. The summed E-state index contributed by atoms with van der Waals surface area (Å²) in [7, 11) is 0. The van der Waals surface area contributed by atoms with Crippen molar-refractivity contribution >= 4 is 41.5 Å². The third kappa shape index (κ3) is 14.0. The van der Waals surface area contributed by atoms with Gasteiger partial charge in [0.25, 0.3) is 0 Å². The maximum absolute atomic E-state index is 13.6. The lowest BCUT2D eigenvalue weighted by atomic mass is 9.96. The van der Waals surface area contributed by atoms with Crippen molar-refractivity contribution in [1.82, 2.24) is 26.6 Å². The van der Waals surface area contributed by atoms with Crippen molar-refractivity contribution in [3.63, 3.8) is 0 Å². The molecule has 16 heteroatoms. The standard InChI is InChI=1S/C30H45N5O11/c1-5-16(2)25(35-26(41)18(4)31-23(38)13-17(3)37)29(44)33-21(14-19-9-7-6-8-10-19)28(43)32-20(11-12-24(39)40)27(42)34-22(15-36)30(45)46/h6-10,16-18,20-22,25,36-37H,5,11-15H2,1-4H3,(H,31,38)(H,32,43)(H,33,44)(H,34,42)(H,35,41)(H,39,40)(H,45,46)/t16-,17?,18-,20-,21-,22-,25-/m0/s1. The van der Waals surface area contributed by atoms with Gasteiger partial charge in [-0.05, 0) is 31.7 Å². The van der Waals surface area contributed by atoms with Crippen LogP contribution in [0, 0.1) is 5.92 Å². The minimum absolute atomic E-state index is 0.0763. The highest BCUT2D eigenvalue weighted by Gasteiger charge is 2.33. The second-order valence-corrected chi connectivity index (χ2v) is 11.0. The van der Waals surface area contributed by atoms with Crippen LogP contribution in [-0.4, -0.2) is 105 Å². The Hall–Kier alpha value is -4.57. The number of aliphatic hydroxyl groups excluding tert-OH is 2. The molecule has 256 valence electrons. The van der Waals surface area contributed by atoms with Crippen LogP contribution in [0.1, 0.15) is 58.9 Å². The molecular formula is C30H45N5O11. The molecule has 9 N–H and O–H groups in total. The average Bonchev–Trinajstić information content (AvgIpc) is 2.99. The van der Waals surface area contributed by atoms with Crippen LogP contribution in [0.15, 0.2) is 30.3 Å². The number of carboxylic acids is 2. The Morgan fingerprint density at radius 3 is 1.83 bits per heavy atom. The van der Waals surface area contributed by atoms with Gasteiger partial charge in [0.2, 0.25) is 29.5 Å². The second kappa shape index (κ2) is 19.7. The molecule has 1 rings (SSSR count). The van der Waals surface area contributed by atoms with Crippen molar-refractivity contribution in [3.8, 4) is 0 Å². The normalized spacial score (nSPS) is 15.4. The highest BCUT2D eigenvalue weighted by atomic mass is 16.4. The van der Waals surface area contributed by atoms with Crippen LogP contribution in [0.5, 0.6) is 0 Å². The maximum atomic E-state index is 13.6. The molecule has 1 unspecified atom stereocenters. The summed E-state index contributed by atoms with van der Waals surface area (Å²) in [6.45, 7) is 5.33. The van der Waals surface area contributed by atoms with Gasteiger partial charge < -0.3 is 47.0 Å². The lowest BCUT2D eigenvalue weighted by Crippen LogP contribution is -2.60. The zero-order valence-corrected chi connectivity index (χ0v) is 26.3. The first-order valence-electron chi connectivity index (χ1n) is 14.9. The van der Waals surface area contributed by atoms with Gasteiger partial charge in [0.05, 0.1) is 19.1 Å². The van der Waals surface area contributed by atoms with Gasteiger partial charge in [0, 0.05) is 12.8 Å². The minimum Gasteiger partial charge on any atom is -0.481 e. The number of amides is 5. The minimum atomic E-state index is -1.71. The molecule has 0 aliphatic heterocycles. The smallest absolute Gasteiger partial charge is 0.328 e. The monoisotopic (exact) mass is 651 g/mol. The van der Waals surface area contributed by atoms with Gasteiger partial charge in [-0.2, -0.15) is 0 Å². The molecule has 0 aromatic heterocycles. The van der Waals surface area contributed by atoms with E-state index in [4.69, 9.17) is 5.11 Å². The summed E-state index contributed by atoms with van der Waals surface area (Å²) < 4.78 is 0. The largest absolute Gasteiger partial charge is 0.481 e. The van der Waals surface area contributed by atoms with Gasteiger partial charge in [-0.1, -0.05) is 50.6 Å². The molecule has 16 nitrogen and oxygen atoms in total. The molecule has 7 atom stereocenters. The first-order valence-corrected chi connectivity index (χ1v) is 14.9. The Morgan fingerprint density at radius 1 is 0.739 bits per heavy atom. The number of rotatable bonds is 20. The number of benzene rings is 1. The number of nitrogens with one attached hydrogen (secondary N) is 5. The van der Waals surface area contributed by atoms with E-state index >= 15 is 0 Å². The lowest BCUT2D eigenvalue weighted by molar-refractivity contribution is -0.144. The van der Waals surface area contributed by atoms with E-state index in [-0.39, 0.29) is 12.8 Å². The van der Waals surface area contributed by atoms with Crippen LogP contribution in [0.2, 0.25) is 0 Å². The van der Waals surface area contributed by atoms with Crippen molar-refractivity contribution in [3.05, 3.63) is 35.9 Å². The number of aliphatic hydroxyl groups is 2. The van der Waals surface area contributed by atoms with Gasteiger partial charge in [0.1, 0.15) is 30.2 Å². The van der Waals surface area contributed by atoms with Crippen LogP contribution in [0.25, 0.3) is 0 Å². The summed E-state index contributed by atoms with van der Waals surface area (Å²) in [5.41, 5.74) is 0.610. The van der Waals surface area contributed by atoms with Crippen molar-refractivity contribution in [2.75, 3.05) is 6.61 Å². The number of carboxylic acid groups (broad SMARTS) is 2. The first kappa shape index (κ1) is 39.5. The third-order valence-corrected chi connectivity index (χ3v) is 7.04. The van der Waals surface area contributed by atoms with Crippen molar-refractivity contribution in [2.45, 2.75) is 96.1 Å². The lowest BCUT2D eigenvalue weighted by Gasteiger charge is -2.28. The zero-order valence-electron chi connectivity index (χ0n) is 26.3. The van der Waals surface area contributed by atoms with Crippen LogP contribution in [0.3, 0.4) is 0 Å². The molecule has 0 spiro atoms. The Bertz CT molecular complexity index is 1210. The second-order valence-electron chi connectivity index (χ2n) is 11.0. The average molecular weight is 652 g/mol. The van der Waals surface area contributed by atoms with Crippen molar-refractivity contribution < 1.29 is 54.0 Å². The Morgan fingerprint density at radius 2 is 1.30 bits per heavy atom. The van der Waals surface area contributed by atoms with E-state index in [9.17, 15) is 48.9 Å². The summed E-state index contributed by atoms with van der Waals surface area (Å²) >= 11 is 0. The molecule has 0 bridgehead atoms. The Kier molecular flexibility index (Phi) is 16.9. The molecule has 0 radical (unpaired) electrons. The molecule has 5 amide bonds. The van der Waals surface area contributed by atoms with Crippen LogP contribution in [-0.2, 0) is 40.0 Å². The Labute approximate surface area is 266 Å². The summed E-state index contributed by atoms with van der Waals surface area (Å²) in [5, 5.41) is 49.1. The number of hydrogen-bond acceptors (Lipinski definition) is 9. The number of aliphatic carboxylic acids is 2. The van der Waals surface area contributed by atoms with Gasteiger partial charge in [-0.15, -0.1) is 0 Å². The molecule has 1 aromatic rings. The zero-order chi connectivity index (χ0) is 35.0. The molecule has 1 aromatic carbocycles. The Balaban J connectivity index is 3.27. The van der Waals surface area contributed by atoms with Crippen LogP contribution in [0.4, 0.5) is 0 Å². The fourth-order valence-electron chi connectivity index (χ4n) is 4.20. The number of carbonyl (C=O) groups excluding carboxylic acids is 5. The van der Waals surface area contributed by atoms with E-state index in [1.165, 1.54) is 13.8 Å². The molecule has 0 saturated carbocycles. The predicted octanol–water partition coefficient (Wildman–Crippen LogP) is -1.57. The molecule has 0 aliphatic carbocycles. The van der Waals surface area contributed by atoms with Crippen molar-refractivity contribution in [2.24, 2.45) is 5.92 Å². The first-order chi connectivity index (χ1) is 21.6. The number of hydrogen-bond donors (Lipinski definition) is 9. The summed E-state index contributed by atoms with van der Waals surface area (Å²) in [6, 6.07) is 1.70. The SMILES string of the molecule is CC[C@H](C)[C@H](NC(=O)[C@H](C)NC(=O)CC(C)O)C(=O)N[C@@H](Cc1ccccc1)C(=O)N[C@@H](CCC(=O)O)C(=O)N[C@@H](CO)C(=O)O. The topological polar surface area (TPSA) is 261 Å². The highest BCUT2D eigenvalue weighted by molar-refractivity contribution is 5.96. The predicted molar refractivity (Wildman–Crippen MR) is 163 cm³/mol. The van der Waals surface area contributed by atoms with Gasteiger partial charge in [-0.3, -0.25) is 28.8 Å². The molecule has 0 aliphatic rings.